The van der Waals surface area contributed by atoms with Crippen molar-refractivity contribution in [3.05, 3.63) is 0 Å². The van der Waals surface area contributed by atoms with E-state index >= 15 is 0 Å². The molecule has 0 rings (SSSR count). The van der Waals surface area contributed by atoms with E-state index in [1.165, 1.54) is 7.11 Å². The molecule has 0 atom stereocenters. The molecule has 0 saturated carbocycles. The Hall–Kier alpha value is -1.01. The summed E-state index contributed by atoms with van der Waals surface area (Å²) in [5.74, 6) is 2.27. The van der Waals surface area contributed by atoms with E-state index in [2.05, 4.69) is 11.2 Å². The maximum absolute atomic E-state index is 11.5. The Balaban J connectivity index is 4.43. The lowest BCUT2D eigenvalue weighted by atomic mass is 10.0. The molecule has 3 nitrogen and oxygen atoms in total. The van der Waals surface area contributed by atoms with Crippen molar-refractivity contribution in [3.8, 4) is 12.3 Å². The number of carbonyl (C=O) groups is 1. The number of amides is 1. The van der Waals surface area contributed by atoms with Crippen LogP contribution in [0.2, 0.25) is 0 Å². The van der Waals surface area contributed by atoms with E-state index in [0.29, 0.717) is 0 Å². The average Bonchev–Trinajstić information content (AvgIpc) is 2.04. The van der Waals surface area contributed by atoms with Crippen LogP contribution in [0.25, 0.3) is 0 Å². The Morgan fingerprint density at radius 3 is 2.15 bits per heavy atom. The number of methoxy groups -OCH3 is 1. The largest absolute Gasteiger partial charge is 0.369 e. The van der Waals surface area contributed by atoms with Crippen molar-refractivity contribution < 1.29 is 9.53 Å². The monoisotopic (exact) mass is 183 g/mol. The summed E-state index contributed by atoms with van der Waals surface area (Å²) in [5.41, 5.74) is -1.47. The smallest absolute Gasteiger partial charge is 0.252 e. The van der Waals surface area contributed by atoms with Crippen LogP contribution in [-0.2, 0) is 9.53 Å². The van der Waals surface area contributed by atoms with Gasteiger partial charge in [0.1, 0.15) is 5.60 Å². The van der Waals surface area contributed by atoms with Crippen molar-refractivity contribution in [3.63, 3.8) is 0 Å². The summed E-state index contributed by atoms with van der Waals surface area (Å²) in [6.45, 7) is 6.90. The first kappa shape index (κ1) is 12.0. The molecular weight excluding hydrogens is 166 g/mol. The third-order valence-electron chi connectivity index (χ3n) is 1.84. The van der Waals surface area contributed by atoms with Crippen LogP contribution in [0.3, 0.4) is 0 Å². The zero-order valence-corrected chi connectivity index (χ0v) is 8.89. The van der Waals surface area contributed by atoms with Gasteiger partial charge in [0.25, 0.3) is 5.91 Å². The fourth-order valence-corrected chi connectivity index (χ4v) is 0.563. The number of nitrogens with one attached hydrogen (secondary N) is 1. The van der Waals surface area contributed by atoms with Crippen LogP contribution in [-0.4, -0.2) is 24.2 Å². The second kappa shape index (κ2) is 3.80. The summed E-state index contributed by atoms with van der Waals surface area (Å²) in [7, 11) is 1.49. The molecular formula is C10H17NO2. The number of carbonyl (C=O) groups excluding carboxylic acids is 1. The molecule has 0 radical (unpaired) electrons. The maximum atomic E-state index is 11.5. The summed E-state index contributed by atoms with van der Waals surface area (Å²) in [4.78, 5) is 11.5. The average molecular weight is 183 g/mol. The molecule has 0 aliphatic rings. The van der Waals surface area contributed by atoms with Gasteiger partial charge in [0.05, 0.1) is 5.54 Å². The number of hydrogen-bond donors (Lipinski definition) is 1. The van der Waals surface area contributed by atoms with Crippen molar-refractivity contribution in [1.29, 1.82) is 0 Å². The summed E-state index contributed by atoms with van der Waals surface area (Å²) < 4.78 is 5.01. The lowest BCUT2D eigenvalue weighted by molar-refractivity contribution is -0.140. The zero-order chi connectivity index (χ0) is 10.7. The minimum atomic E-state index is -0.839. The first-order valence-corrected chi connectivity index (χ1v) is 4.11. The van der Waals surface area contributed by atoms with E-state index in [1.807, 2.05) is 0 Å². The van der Waals surface area contributed by atoms with Crippen molar-refractivity contribution in [2.75, 3.05) is 7.11 Å². The minimum absolute atomic E-state index is 0.210. The molecule has 1 N–H and O–H groups in total. The standard InChI is InChI=1S/C10H17NO2/c1-7-9(2,3)11-8(12)10(4,5)13-6/h1H,2-6H3,(H,11,12). The molecule has 3 heteroatoms. The Labute approximate surface area is 79.8 Å². The molecule has 0 aromatic heterocycles. The maximum Gasteiger partial charge on any atom is 0.252 e. The van der Waals surface area contributed by atoms with Gasteiger partial charge in [0.15, 0.2) is 0 Å². The lowest BCUT2D eigenvalue weighted by Crippen LogP contribution is -2.51. The van der Waals surface area contributed by atoms with Gasteiger partial charge in [0.2, 0.25) is 0 Å². The lowest BCUT2D eigenvalue weighted by Gasteiger charge is -2.27. The van der Waals surface area contributed by atoms with Gasteiger partial charge < -0.3 is 10.1 Å². The van der Waals surface area contributed by atoms with Gasteiger partial charge in [-0.25, -0.2) is 0 Å². The Morgan fingerprint density at radius 2 is 1.85 bits per heavy atom. The van der Waals surface area contributed by atoms with Crippen molar-refractivity contribution in [1.82, 2.24) is 5.32 Å². The summed E-state index contributed by atoms with van der Waals surface area (Å²) in [6, 6.07) is 0. The quantitative estimate of drug-likeness (QED) is 0.661. The SMILES string of the molecule is C#CC(C)(C)NC(=O)C(C)(C)OC. The van der Waals surface area contributed by atoms with Gasteiger partial charge in [-0.3, -0.25) is 4.79 Å². The number of terminal acetylenes is 1. The fourth-order valence-electron chi connectivity index (χ4n) is 0.563. The number of rotatable bonds is 3. The molecule has 0 heterocycles. The third-order valence-corrected chi connectivity index (χ3v) is 1.84. The first-order valence-electron chi connectivity index (χ1n) is 4.11. The van der Waals surface area contributed by atoms with Gasteiger partial charge >= 0.3 is 0 Å². The molecule has 0 bridgehead atoms. The van der Waals surface area contributed by atoms with Crippen molar-refractivity contribution >= 4 is 5.91 Å². The molecule has 0 spiro atoms. The van der Waals surface area contributed by atoms with Crippen molar-refractivity contribution in [2.45, 2.75) is 38.8 Å². The molecule has 0 unspecified atom stereocenters. The van der Waals surface area contributed by atoms with Crippen LogP contribution in [0.15, 0.2) is 0 Å². The second-order valence-corrected chi connectivity index (χ2v) is 3.94. The van der Waals surface area contributed by atoms with E-state index in [4.69, 9.17) is 11.2 Å². The molecule has 0 aromatic carbocycles. The van der Waals surface area contributed by atoms with E-state index in [0.717, 1.165) is 0 Å². The Morgan fingerprint density at radius 1 is 1.38 bits per heavy atom. The van der Waals surface area contributed by atoms with Crippen molar-refractivity contribution in [2.24, 2.45) is 0 Å². The normalized spacial score (nSPS) is 12.0. The van der Waals surface area contributed by atoms with E-state index in [-0.39, 0.29) is 5.91 Å². The Kier molecular flexibility index (Phi) is 3.50. The molecule has 13 heavy (non-hydrogen) atoms. The highest BCUT2D eigenvalue weighted by Crippen LogP contribution is 2.10. The topological polar surface area (TPSA) is 38.3 Å². The number of ether oxygens (including phenoxy) is 1. The van der Waals surface area contributed by atoms with Crippen LogP contribution in [0, 0.1) is 12.3 Å². The molecule has 0 aliphatic heterocycles. The summed E-state index contributed by atoms with van der Waals surface area (Å²) in [6.07, 6.45) is 5.23. The van der Waals surface area contributed by atoms with Gasteiger partial charge in [-0.2, -0.15) is 0 Å². The van der Waals surface area contributed by atoms with Crippen LogP contribution in [0.1, 0.15) is 27.7 Å². The molecule has 0 saturated heterocycles. The predicted octanol–water partition coefficient (Wildman–Crippen LogP) is 0.939. The van der Waals surface area contributed by atoms with E-state index < -0.39 is 11.1 Å². The van der Waals surface area contributed by atoms with Gasteiger partial charge in [-0.05, 0) is 27.7 Å². The Bertz CT molecular complexity index is 236. The molecule has 0 aromatic rings. The zero-order valence-electron chi connectivity index (χ0n) is 8.89. The van der Waals surface area contributed by atoms with Gasteiger partial charge in [-0.1, -0.05) is 5.92 Å². The molecule has 74 valence electrons. The minimum Gasteiger partial charge on any atom is -0.369 e. The van der Waals surface area contributed by atoms with Gasteiger partial charge in [-0.15, -0.1) is 6.42 Å². The van der Waals surface area contributed by atoms with E-state index in [1.54, 1.807) is 27.7 Å². The first-order chi connectivity index (χ1) is 5.75. The number of hydrogen-bond acceptors (Lipinski definition) is 2. The fraction of sp³-hybridized carbons (Fsp3) is 0.700. The third kappa shape index (κ3) is 3.47. The molecule has 1 amide bonds. The van der Waals surface area contributed by atoms with Crippen LogP contribution in [0.4, 0.5) is 0 Å². The molecule has 0 fully saturated rings. The highest BCUT2D eigenvalue weighted by molar-refractivity contribution is 5.85. The van der Waals surface area contributed by atoms with E-state index in [9.17, 15) is 4.79 Å². The summed E-state index contributed by atoms with van der Waals surface area (Å²) in [5, 5.41) is 2.70. The highest BCUT2D eigenvalue weighted by Gasteiger charge is 2.30. The molecule has 0 aliphatic carbocycles. The highest BCUT2D eigenvalue weighted by atomic mass is 16.5. The van der Waals surface area contributed by atoms with Gasteiger partial charge in [0, 0.05) is 7.11 Å². The van der Waals surface area contributed by atoms with Crippen LogP contribution in [0.5, 0.6) is 0 Å². The predicted molar refractivity (Wildman–Crippen MR) is 52.1 cm³/mol. The second-order valence-electron chi connectivity index (χ2n) is 3.94. The summed E-state index contributed by atoms with van der Waals surface area (Å²) >= 11 is 0. The van der Waals surface area contributed by atoms with Crippen LogP contribution >= 0.6 is 0 Å². The van der Waals surface area contributed by atoms with Crippen LogP contribution < -0.4 is 5.32 Å².